The van der Waals surface area contributed by atoms with Crippen molar-refractivity contribution in [1.29, 1.82) is 0 Å². The molecule has 1 atom stereocenters. The van der Waals surface area contributed by atoms with E-state index in [2.05, 4.69) is 24.1 Å². The molecule has 2 aliphatic rings. The van der Waals surface area contributed by atoms with Gasteiger partial charge in [-0.2, -0.15) is 0 Å². The van der Waals surface area contributed by atoms with Crippen LogP contribution < -0.4 is 5.32 Å². The average molecular weight is 431 g/mol. The third-order valence-corrected chi connectivity index (χ3v) is 6.13. The van der Waals surface area contributed by atoms with Crippen LogP contribution in [0.1, 0.15) is 56.3 Å². The summed E-state index contributed by atoms with van der Waals surface area (Å²) in [6, 6.07) is 4.62. The molecule has 0 saturated carbocycles. The summed E-state index contributed by atoms with van der Waals surface area (Å²) in [6.45, 7) is 6.48. The van der Waals surface area contributed by atoms with Gasteiger partial charge in [-0.25, -0.2) is 4.39 Å². The maximum atomic E-state index is 15.2. The molecule has 1 unspecified atom stereocenters. The summed E-state index contributed by atoms with van der Waals surface area (Å²) in [5.41, 5.74) is -1.10. The number of carbonyl (C=O) groups is 1. The highest BCUT2D eigenvalue weighted by Crippen LogP contribution is 2.31. The fourth-order valence-electron chi connectivity index (χ4n) is 4.08. The number of piperidine rings is 1. The van der Waals surface area contributed by atoms with Crippen molar-refractivity contribution in [2.75, 3.05) is 26.2 Å². The quantitative estimate of drug-likeness (QED) is 0.723. The topological polar surface area (TPSA) is 41.6 Å². The SMILES string of the molecule is CC1(C)CCCC(CN2CCC(F)(CNC(=O)c3cc(Cl)cc(Cl)c3)CC2)O1. The molecule has 2 fully saturated rings. The molecule has 0 spiro atoms. The van der Waals surface area contributed by atoms with Gasteiger partial charge in [-0.05, 0) is 64.2 Å². The van der Waals surface area contributed by atoms with Crippen LogP contribution in [0.4, 0.5) is 4.39 Å². The zero-order chi connectivity index (χ0) is 20.4. The van der Waals surface area contributed by atoms with E-state index in [1.165, 1.54) is 18.6 Å². The number of carbonyl (C=O) groups excluding carboxylic acids is 1. The van der Waals surface area contributed by atoms with Gasteiger partial charge in [-0.3, -0.25) is 4.79 Å². The Labute approximate surface area is 176 Å². The molecule has 0 aliphatic carbocycles. The van der Waals surface area contributed by atoms with E-state index in [1.54, 1.807) is 6.07 Å². The molecular weight excluding hydrogens is 402 g/mol. The number of benzene rings is 1. The van der Waals surface area contributed by atoms with Crippen LogP contribution in [-0.4, -0.2) is 54.4 Å². The van der Waals surface area contributed by atoms with E-state index >= 15 is 4.39 Å². The third kappa shape index (κ3) is 6.06. The number of nitrogens with zero attached hydrogens (tertiary/aromatic N) is 1. The highest BCUT2D eigenvalue weighted by atomic mass is 35.5. The van der Waals surface area contributed by atoms with Gasteiger partial charge in [0.1, 0.15) is 5.67 Å². The number of halogens is 3. The first kappa shape index (κ1) is 21.8. The zero-order valence-corrected chi connectivity index (χ0v) is 18.1. The van der Waals surface area contributed by atoms with Gasteiger partial charge in [0.2, 0.25) is 0 Å². The summed E-state index contributed by atoms with van der Waals surface area (Å²) in [5.74, 6) is -0.360. The molecule has 2 saturated heterocycles. The normalized spacial score (nSPS) is 24.7. The van der Waals surface area contributed by atoms with E-state index in [9.17, 15) is 4.79 Å². The molecule has 1 aromatic rings. The summed E-state index contributed by atoms with van der Waals surface area (Å²) in [6.07, 6.45) is 4.37. The fraction of sp³-hybridized carbons (Fsp3) is 0.667. The lowest BCUT2D eigenvalue weighted by Gasteiger charge is -2.41. The second-order valence-corrected chi connectivity index (χ2v) is 9.56. The Hall–Kier alpha value is -0.880. The van der Waals surface area contributed by atoms with Crippen LogP contribution in [0, 0.1) is 0 Å². The van der Waals surface area contributed by atoms with Crippen LogP contribution >= 0.6 is 23.2 Å². The van der Waals surface area contributed by atoms with Crippen molar-refractivity contribution in [3.05, 3.63) is 33.8 Å². The second-order valence-electron chi connectivity index (χ2n) is 8.68. The van der Waals surface area contributed by atoms with Crippen molar-refractivity contribution >= 4 is 29.1 Å². The zero-order valence-electron chi connectivity index (χ0n) is 16.6. The lowest BCUT2D eigenvalue weighted by atomic mass is 9.91. The second kappa shape index (κ2) is 8.86. The lowest BCUT2D eigenvalue weighted by molar-refractivity contribution is -0.118. The first-order valence-corrected chi connectivity index (χ1v) is 10.7. The van der Waals surface area contributed by atoms with Gasteiger partial charge in [0.15, 0.2) is 0 Å². The van der Waals surface area contributed by atoms with Gasteiger partial charge < -0.3 is 15.0 Å². The Kier molecular flexibility index (Phi) is 6.91. The Balaban J connectivity index is 1.46. The number of alkyl halides is 1. The smallest absolute Gasteiger partial charge is 0.251 e. The summed E-state index contributed by atoms with van der Waals surface area (Å²) < 4.78 is 21.3. The minimum Gasteiger partial charge on any atom is -0.371 e. The standard InChI is InChI=1S/C21H29Cl2FN2O2/c1-20(2)5-3-4-18(28-20)13-26-8-6-21(24,7-9-26)14-25-19(27)15-10-16(22)12-17(23)11-15/h10-12,18H,3-9,13-14H2,1-2H3,(H,25,27). The van der Waals surface area contributed by atoms with Crippen molar-refractivity contribution in [2.24, 2.45) is 0 Å². The average Bonchev–Trinajstić information content (AvgIpc) is 2.60. The van der Waals surface area contributed by atoms with E-state index in [1.807, 2.05) is 0 Å². The predicted molar refractivity (Wildman–Crippen MR) is 111 cm³/mol. The molecule has 0 radical (unpaired) electrons. The van der Waals surface area contributed by atoms with E-state index in [4.69, 9.17) is 27.9 Å². The number of likely N-dealkylation sites (tertiary alicyclic amines) is 1. The molecule has 3 rings (SSSR count). The Morgan fingerprint density at radius 3 is 2.46 bits per heavy atom. The molecule has 156 valence electrons. The number of hydrogen-bond acceptors (Lipinski definition) is 3. The molecule has 2 heterocycles. The molecule has 1 amide bonds. The van der Waals surface area contributed by atoms with Crippen LogP contribution in [0.2, 0.25) is 10.0 Å². The summed E-state index contributed by atoms with van der Waals surface area (Å²) in [5, 5.41) is 3.46. The molecular formula is C21H29Cl2FN2O2. The van der Waals surface area contributed by atoms with Gasteiger partial charge in [-0.15, -0.1) is 0 Å². The summed E-state index contributed by atoms with van der Waals surface area (Å²) >= 11 is 11.9. The van der Waals surface area contributed by atoms with Gasteiger partial charge in [0, 0.05) is 35.2 Å². The van der Waals surface area contributed by atoms with Crippen molar-refractivity contribution in [2.45, 2.75) is 63.3 Å². The largest absolute Gasteiger partial charge is 0.371 e. The first-order chi connectivity index (χ1) is 13.1. The molecule has 4 nitrogen and oxygen atoms in total. The highest BCUT2D eigenvalue weighted by Gasteiger charge is 2.36. The molecule has 2 aliphatic heterocycles. The van der Waals surface area contributed by atoms with E-state index in [0.717, 1.165) is 19.4 Å². The number of amides is 1. The Bertz CT molecular complexity index is 685. The summed E-state index contributed by atoms with van der Waals surface area (Å²) in [4.78, 5) is 14.6. The van der Waals surface area contributed by atoms with E-state index in [0.29, 0.717) is 41.5 Å². The fourth-order valence-corrected chi connectivity index (χ4v) is 4.61. The van der Waals surface area contributed by atoms with Gasteiger partial charge in [0.25, 0.3) is 5.91 Å². The molecule has 1 N–H and O–H groups in total. The number of ether oxygens (including phenoxy) is 1. The van der Waals surface area contributed by atoms with Crippen LogP contribution in [0.5, 0.6) is 0 Å². The minimum atomic E-state index is -1.39. The molecule has 0 bridgehead atoms. The van der Waals surface area contributed by atoms with Gasteiger partial charge >= 0.3 is 0 Å². The van der Waals surface area contributed by atoms with Crippen molar-refractivity contribution in [3.8, 4) is 0 Å². The minimum absolute atomic E-state index is 0.00321. The monoisotopic (exact) mass is 430 g/mol. The van der Waals surface area contributed by atoms with E-state index < -0.39 is 5.67 Å². The van der Waals surface area contributed by atoms with Crippen molar-refractivity contribution in [3.63, 3.8) is 0 Å². The maximum absolute atomic E-state index is 15.2. The Morgan fingerprint density at radius 1 is 1.21 bits per heavy atom. The summed E-state index contributed by atoms with van der Waals surface area (Å²) in [7, 11) is 0. The maximum Gasteiger partial charge on any atom is 0.251 e. The van der Waals surface area contributed by atoms with Crippen LogP contribution in [0.15, 0.2) is 18.2 Å². The van der Waals surface area contributed by atoms with E-state index in [-0.39, 0.29) is 24.2 Å². The van der Waals surface area contributed by atoms with Crippen molar-refractivity contribution in [1.82, 2.24) is 10.2 Å². The van der Waals surface area contributed by atoms with Crippen LogP contribution in [0.25, 0.3) is 0 Å². The third-order valence-electron chi connectivity index (χ3n) is 5.70. The van der Waals surface area contributed by atoms with Gasteiger partial charge in [-0.1, -0.05) is 23.2 Å². The molecule has 1 aromatic carbocycles. The molecule has 7 heteroatoms. The van der Waals surface area contributed by atoms with Crippen LogP contribution in [-0.2, 0) is 4.74 Å². The number of rotatable bonds is 5. The van der Waals surface area contributed by atoms with Gasteiger partial charge in [0.05, 0.1) is 18.2 Å². The Morgan fingerprint density at radius 2 is 1.86 bits per heavy atom. The predicted octanol–water partition coefficient (Wildman–Crippen LogP) is 4.88. The first-order valence-electron chi connectivity index (χ1n) is 9.98. The highest BCUT2D eigenvalue weighted by molar-refractivity contribution is 6.35. The number of hydrogen-bond donors (Lipinski definition) is 1. The van der Waals surface area contributed by atoms with Crippen molar-refractivity contribution < 1.29 is 13.9 Å². The molecule has 28 heavy (non-hydrogen) atoms. The lowest BCUT2D eigenvalue weighted by Crippen LogP contribution is -2.50. The molecule has 0 aromatic heterocycles. The number of nitrogens with one attached hydrogen (secondary N) is 1. The van der Waals surface area contributed by atoms with Crippen LogP contribution in [0.3, 0.4) is 0 Å².